The average molecular weight is 329 g/mol. The van der Waals surface area contributed by atoms with E-state index in [1.54, 1.807) is 10.3 Å². The quantitative estimate of drug-likeness (QED) is 0.873. The summed E-state index contributed by atoms with van der Waals surface area (Å²) in [6, 6.07) is 9.28. The van der Waals surface area contributed by atoms with Crippen molar-refractivity contribution in [2.75, 3.05) is 16.8 Å². The lowest BCUT2D eigenvalue weighted by atomic mass is 10.1. The van der Waals surface area contributed by atoms with Crippen LogP contribution in [0.5, 0.6) is 0 Å². The third kappa shape index (κ3) is 3.29. The Morgan fingerprint density at radius 3 is 2.70 bits per heavy atom. The van der Waals surface area contributed by atoms with Crippen LogP contribution in [0, 0.1) is 5.92 Å². The second-order valence-corrected chi connectivity index (χ2v) is 6.18. The summed E-state index contributed by atoms with van der Waals surface area (Å²) in [6.07, 6.45) is 0.172. The summed E-state index contributed by atoms with van der Waals surface area (Å²) < 4.78 is 0. The van der Waals surface area contributed by atoms with Crippen molar-refractivity contribution in [2.45, 2.75) is 13.3 Å². The Hall–Kier alpha value is -2.54. The maximum absolute atomic E-state index is 12.3. The zero-order chi connectivity index (χ0) is 16.4. The zero-order valence-electron chi connectivity index (χ0n) is 12.5. The highest BCUT2D eigenvalue weighted by Gasteiger charge is 2.35. The van der Waals surface area contributed by atoms with Crippen molar-refractivity contribution in [1.82, 2.24) is 4.98 Å². The fraction of sp³-hybridized carbons (Fsp3) is 0.250. The summed E-state index contributed by atoms with van der Waals surface area (Å²) in [5.74, 6) is -0.887. The molecule has 2 heterocycles. The number of carbonyl (C=O) groups excluding carboxylic acids is 3. The Morgan fingerprint density at radius 1 is 1.30 bits per heavy atom. The van der Waals surface area contributed by atoms with Gasteiger partial charge in [0.2, 0.25) is 11.8 Å². The molecular weight excluding hydrogens is 314 g/mol. The number of nitrogens with zero attached hydrogens (tertiary/aromatic N) is 2. The number of hydrogen-bond donors (Lipinski definition) is 1. The van der Waals surface area contributed by atoms with Gasteiger partial charge in [0.25, 0.3) is 0 Å². The van der Waals surface area contributed by atoms with Gasteiger partial charge in [-0.3, -0.25) is 14.4 Å². The minimum atomic E-state index is -0.424. The first-order valence-corrected chi connectivity index (χ1v) is 8.05. The van der Waals surface area contributed by atoms with Crippen molar-refractivity contribution in [3.05, 3.63) is 41.4 Å². The lowest BCUT2D eigenvalue weighted by Crippen LogP contribution is -2.28. The van der Waals surface area contributed by atoms with Crippen LogP contribution in [0.4, 0.5) is 10.8 Å². The number of hydrogen-bond acceptors (Lipinski definition) is 5. The van der Waals surface area contributed by atoms with Gasteiger partial charge in [-0.05, 0) is 12.1 Å². The number of amides is 2. The highest BCUT2D eigenvalue weighted by Crippen LogP contribution is 2.26. The van der Waals surface area contributed by atoms with Gasteiger partial charge in [-0.15, -0.1) is 11.3 Å². The molecule has 0 unspecified atom stereocenters. The molecule has 3 rings (SSSR count). The molecular formula is C16H15N3O3S. The molecule has 1 aromatic heterocycles. The lowest BCUT2D eigenvalue weighted by molar-refractivity contribution is -0.122. The van der Waals surface area contributed by atoms with E-state index < -0.39 is 5.92 Å². The molecule has 6 nitrogen and oxygen atoms in total. The van der Waals surface area contributed by atoms with Gasteiger partial charge < -0.3 is 10.2 Å². The normalized spacial score (nSPS) is 17.3. The molecule has 0 aliphatic carbocycles. The predicted molar refractivity (Wildman–Crippen MR) is 87.7 cm³/mol. The van der Waals surface area contributed by atoms with E-state index in [-0.39, 0.29) is 24.0 Å². The van der Waals surface area contributed by atoms with E-state index in [0.29, 0.717) is 17.4 Å². The van der Waals surface area contributed by atoms with Crippen LogP contribution in [-0.4, -0.2) is 29.1 Å². The first kappa shape index (κ1) is 15.4. The van der Waals surface area contributed by atoms with E-state index in [0.717, 1.165) is 5.69 Å². The number of aromatic nitrogens is 1. The van der Waals surface area contributed by atoms with Crippen molar-refractivity contribution in [2.24, 2.45) is 5.92 Å². The maximum atomic E-state index is 12.3. The number of ketones is 1. The van der Waals surface area contributed by atoms with E-state index in [1.807, 2.05) is 30.3 Å². The second kappa shape index (κ2) is 6.29. The van der Waals surface area contributed by atoms with Crippen LogP contribution in [0.15, 0.2) is 35.7 Å². The van der Waals surface area contributed by atoms with Crippen LogP contribution in [0.1, 0.15) is 23.8 Å². The third-order valence-electron chi connectivity index (χ3n) is 3.66. The zero-order valence-corrected chi connectivity index (χ0v) is 13.3. The number of anilines is 2. The standard InChI is InChI=1S/C16H15N3O3S/c1-10(20)13-9-23-16(17-13)18-15(22)11-7-14(21)19(8-11)12-5-3-2-4-6-12/h2-6,9,11H,7-8H2,1H3,(H,17,18,22)/t11-/m1/s1. The molecule has 118 valence electrons. The minimum absolute atomic E-state index is 0.0695. The molecule has 0 spiro atoms. The van der Waals surface area contributed by atoms with Crippen LogP contribution in [0.2, 0.25) is 0 Å². The highest BCUT2D eigenvalue weighted by molar-refractivity contribution is 7.14. The molecule has 7 heteroatoms. The number of carbonyl (C=O) groups is 3. The SMILES string of the molecule is CC(=O)c1csc(NC(=O)[C@@H]2CC(=O)N(c3ccccc3)C2)n1. The van der Waals surface area contributed by atoms with E-state index in [4.69, 9.17) is 0 Å². The number of nitrogens with one attached hydrogen (secondary N) is 1. The van der Waals surface area contributed by atoms with Crippen molar-refractivity contribution < 1.29 is 14.4 Å². The monoisotopic (exact) mass is 329 g/mol. The molecule has 2 amide bonds. The van der Waals surface area contributed by atoms with Crippen LogP contribution in [0.3, 0.4) is 0 Å². The minimum Gasteiger partial charge on any atom is -0.312 e. The largest absolute Gasteiger partial charge is 0.312 e. The molecule has 1 fully saturated rings. The van der Waals surface area contributed by atoms with E-state index in [9.17, 15) is 14.4 Å². The maximum Gasteiger partial charge on any atom is 0.231 e. The number of thiazole rings is 1. The first-order chi connectivity index (χ1) is 11.0. The molecule has 1 atom stereocenters. The Labute approximate surface area is 137 Å². The molecule has 23 heavy (non-hydrogen) atoms. The molecule has 0 saturated carbocycles. The molecule has 0 radical (unpaired) electrons. The van der Waals surface area contributed by atoms with E-state index >= 15 is 0 Å². The fourth-order valence-corrected chi connectivity index (χ4v) is 3.19. The van der Waals surface area contributed by atoms with Gasteiger partial charge in [-0.2, -0.15) is 0 Å². The second-order valence-electron chi connectivity index (χ2n) is 5.32. The summed E-state index contributed by atoms with van der Waals surface area (Å²) in [7, 11) is 0. The molecule has 1 saturated heterocycles. The third-order valence-corrected chi connectivity index (χ3v) is 4.42. The van der Waals surface area contributed by atoms with Crippen LogP contribution in [0.25, 0.3) is 0 Å². The van der Waals surface area contributed by atoms with Gasteiger partial charge in [0.1, 0.15) is 5.69 Å². The van der Waals surface area contributed by atoms with Gasteiger partial charge in [0.05, 0.1) is 5.92 Å². The first-order valence-electron chi connectivity index (χ1n) is 7.17. The Morgan fingerprint density at radius 2 is 2.04 bits per heavy atom. The highest BCUT2D eigenvalue weighted by atomic mass is 32.1. The van der Waals surface area contributed by atoms with Crippen molar-refractivity contribution >= 4 is 39.8 Å². The summed E-state index contributed by atoms with van der Waals surface area (Å²) >= 11 is 1.20. The number of benzene rings is 1. The van der Waals surface area contributed by atoms with Crippen LogP contribution < -0.4 is 10.2 Å². The summed E-state index contributed by atoms with van der Waals surface area (Å²) in [4.78, 5) is 41.3. The van der Waals surface area contributed by atoms with Crippen LogP contribution in [-0.2, 0) is 9.59 Å². The van der Waals surface area contributed by atoms with E-state index in [1.165, 1.54) is 18.3 Å². The topological polar surface area (TPSA) is 79.4 Å². The summed E-state index contributed by atoms with van der Waals surface area (Å²) in [5, 5.41) is 4.67. The van der Waals surface area contributed by atoms with Crippen molar-refractivity contribution in [3.8, 4) is 0 Å². The smallest absolute Gasteiger partial charge is 0.231 e. The van der Waals surface area contributed by atoms with Gasteiger partial charge in [0.15, 0.2) is 10.9 Å². The van der Waals surface area contributed by atoms with Gasteiger partial charge in [-0.25, -0.2) is 4.98 Å². The number of rotatable bonds is 4. The summed E-state index contributed by atoms with van der Waals surface area (Å²) in [5.41, 5.74) is 1.12. The summed E-state index contributed by atoms with van der Waals surface area (Å²) in [6.45, 7) is 1.77. The van der Waals surface area contributed by atoms with Gasteiger partial charge in [-0.1, -0.05) is 18.2 Å². The molecule has 1 N–H and O–H groups in total. The Balaban J connectivity index is 1.67. The van der Waals surface area contributed by atoms with Crippen LogP contribution >= 0.6 is 11.3 Å². The fourth-order valence-electron chi connectivity index (χ4n) is 2.44. The predicted octanol–water partition coefficient (Wildman–Crippen LogP) is 2.34. The number of para-hydroxylation sites is 1. The van der Waals surface area contributed by atoms with Crippen molar-refractivity contribution in [1.29, 1.82) is 0 Å². The van der Waals surface area contributed by atoms with E-state index in [2.05, 4.69) is 10.3 Å². The molecule has 1 aliphatic rings. The molecule has 1 aliphatic heterocycles. The number of Topliss-reactive ketones (excluding diaryl/α,β-unsaturated/α-hetero) is 1. The molecule has 2 aromatic rings. The van der Waals surface area contributed by atoms with Gasteiger partial charge in [0, 0.05) is 31.0 Å². The average Bonchev–Trinajstić information content (AvgIpc) is 3.15. The Kier molecular flexibility index (Phi) is 4.20. The lowest BCUT2D eigenvalue weighted by Gasteiger charge is -2.16. The van der Waals surface area contributed by atoms with Gasteiger partial charge >= 0.3 is 0 Å². The molecule has 1 aromatic carbocycles. The Bertz CT molecular complexity index is 757. The van der Waals surface area contributed by atoms with Crippen molar-refractivity contribution in [3.63, 3.8) is 0 Å². The molecule has 0 bridgehead atoms.